The van der Waals surface area contributed by atoms with Crippen LogP contribution >= 0.6 is 0 Å². The van der Waals surface area contributed by atoms with Crippen LogP contribution in [0, 0.1) is 5.92 Å². The Morgan fingerprint density at radius 2 is 2.00 bits per heavy atom. The van der Waals surface area contributed by atoms with E-state index in [0.29, 0.717) is 36.7 Å². The topological polar surface area (TPSA) is 80.7 Å². The lowest BCUT2D eigenvalue weighted by Crippen LogP contribution is -2.36. The van der Waals surface area contributed by atoms with Crippen LogP contribution in [0.4, 0.5) is 0 Å². The van der Waals surface area contributed by atoms with Crippen molar-refractivity contribution in [3.63, 3.8) is 0 Å². The third-order valence-corrected chi connectivity index (χ3v) is 5.19. The van der Waals surface area contributed by atoms with Crippen molar-refractivity contribution in [1.29, 1.82) is 0 Å². The molecule has 2 heterocycles. The summed E-state index contributed by atoms with van der Waals surface area (Å²) in [5, 5.41) is 2.78. The van der Waals surface area contributed by atoms with E-state index >= 15 is 0 Å². The van der Waals surface area contributed by atoms with Crippen molar-refractivity contribution in [3.8, 4) is 5.75 Å². The van der Waals surface area contributed by atoms with Gasteiger partial charge in [-0.05, 0) is 42.7 Å². The molecule has 2 aromatic heterocycles. The third kappa shape index (κ3) is 5.73. The van der Waals surface area contributed by atoms with Gasteiger partial charge in [0.25, 0.3) is 5.91 Å². The minimum Gasteiger partial charge on any atom is -0.497 e. The number of methoxy groups -OCH3 is 1. The first-order chi connectivity index (χ1) is 14.5. The van der Waals surface area contributed by atoms with Crippen LogP contribution in [-0.4, -0.2) is 28.9 Å². The summed E-state index contributed by atoms with van der Waals surface area (Å²) in [6.07, 6.45) is 2.97. The summed E-state index contributed by atoms with van der Waals surface area (Å²) in [6.45, 7) is 8.09. The zero-order valence-electron chi connectivity index (χ0n) is 17.9. The van der Waals surface area contributed by atoms with E-state index < -0.39 is 0 Å². The van der Waals surface area contributed by atoms with Gasteiger partial charge in [-0.3, -0.25) is 9.69 Å². The van der Waals surface area contributed by atoms with Crippen molar-refractivity contribution in [2.45, 2.75) is 46.4 Å². The van der Waals surface area contributed by atoms with E-state index in [0.717, 1.165) is 17.9 Å². The molecule has 7 heteroatoms. The minimum atomic E-state index is -0.294. The summed E-state index contributed by atoms with van der Waals surface area (Å²) in [6, 6.07) is 11.9. The maximum Gasteiger partial charge on any atom is 0.273 e. The highest BCUT2D eigenvalue weighted by Gasteiger charge is 2.21. The fourth-order valence-corrected chi connectivity index (χ4v) is 3.10. The molecule has 0 radical (unpaired) electrons. The Hall–Kier alpha value is -3.06. The van der Waals surface area contributed by atoms with Gasteiger partial charge in [0.15, 0.2) is 5.69 Å². The van der Waals surface area contributed by atoms with Gasteiger partial charge in [0.2, 0.25) is 5.89 Å². The van der Waals surface area contributed by atoms with E-state index in [1.165, 1.54) is 6.26 Å². The van der Waals surface area contributed by atoms with E-state index in [1.54, 1.807) is 25.5 Å². The molecule has 0 aliphatic rings. The molecule has 0 saturated carbocycles. The van der Waals surface area contributed by atoms with Gasteiger partial charge in [0.05, 0.1) is 26.5 Å². The van der Waals surface area contributed by atoms with Crippen molar-refractivity contribution in [1.82, 2.24) is 15.2 Å². The number of amides is 1. The lowest BCUT2D eigenvalue weighted by atomic mass is 10.0. The number of oxazole rings is 1. The number of carbonyl (C=O) groups excluding carboxylic acids is 1. The molecule has 0 unspecified atom stereocenters. The molecule has 0 aliphatic heterocycles. The Kier molecular flexibility index (Phi) is 7.30. The van der Waals surface area contributed by atoms with Gasteiger partial charge in [-0.1, -0.05) is 26.0 Å². The molecule has 160 valence electrons. The summed E-state index contributed by atoms with van der Waals surface area (Å²) in [7, 11) is 1.67. The van der Waals surface area contributed by atoms with E-state index in [2.05, 4.69) is 42.0 Å². The number of benzene rings is 1. The predicted molar refractivity (Wildman–Crippen MR) is 113 cm³/mol. The van der Waals surface area contributed by atoms with Crippen LogP contribution in [0.15, 0.2) is 57.8 Å². The number of hydrogen-bond donors (Lipinski definition) is 1. The van der Waals surface area contributed by atoms with Gasteiger partial charge in [-0.2, -0.15) is 0 Å². The normalized spacial score (nSPS) is 12.3. The van der Waals surface area contributed by atoms with Crippen LogP contribution in [0.25, 0.3) is 0 Å². The molecule has 1 atom stereocenters. The number of rotatable bonds is 10. The summed E-state index contributed by atoms with van der Waals surface area (Å²) >= 11 is 0. The molecule has 0 aliphatic carbocycles. The summed E-state index contributed by atoms with van der Waals surface area (Å²) < 4.78 is 16.2. The number of nitrogens with one attached hydrogen (secondary N) is 1. The fourth-order valence-electron chi connectivity index (χ4n) is 3.10. The average Bonchev–Trinajstić information content (AvgIpc) is 3.43. The Morgan fingerprint density at radius 1 is 1.17 bits per heavy atom. The SMILES string of the molecule is COc1cccc(CN(Cc2nc(C(=O)NCc3ccco3)co2)[C@@H](C)C(C)C)c1. The van der Waals surface area contributed by atoms with Gasteiger partial charge >= 0.3 is 0 Å². The summed E-state index contributed by atoms with van der Waals surface area (Å²) in [5.41, 5.74) is 1.40. The van der Waals surface area contributed by atoms with Crippen molar-refractivity contribution >= 4 is 5.91 Å². The second-order valence-electron chi connectivity index (χ2n) is 7.63. The predicted octanol–water partition coefficient (Wildman–Crippen LogP) is 4.25. The van der Waals surface area contributed by atoms with Crippen LogP contribution in [-0.2, 0) is 19.6 Å². The first-order valence-electron chi connectivity index (χ1n) is 10.1. The number of carbonyl (C=O) groups is 1. The van der Waals surface area contributed by atoms with Gasteiger partial charge in [0, 0.05) is 12.6 Å². The molecule has 0 saturated heterocycles. The molecule has 1 aromatic carbocycles. The first-order valence-corrected chi connectivity index (χ1v) is 10.1. The molecule has 3 rings (SSSR count). The number of aromatic nitrogens is 1. The number of nitrogens with zero attached hydrogens (tertiary/aromatic N) is 2. The Bertz CT molecular complexity index is 934. The summed E-state index contributed by atoms with van der Waals surface area (Å²) in [5.74, 6) is 2.17. The minimum absolute atomic E-state index is 0.259. The molecule has 0 bridgehead atoms. The molecule has 3 aromatic rings. The lowest BCUT2D eigenvalue weighted by Gasteiger charge is -2.30. The quantitative estimate of drug-likeness (QED) is 0.537. The standard InChI is InChI=1S/C23H29N3O4/c1-16(2)17(3)26(13-18-7-5-8-19(11-18)28-4)14-22-25-21(15-30-22)23(27)24-12-20-9-6-10-29-20/h5-11,15-17H,12-14H2,1-4H3,(H,24,27)/t17-/m0/s1. The van der Waals surface area contributed by atoms with Crippen LogP contribution in [0.1, 0.15) is 48.5 Å². The van der Waals surface area contributed by atoms with E-state index in [1.807, 2.05) is 18.2 Å². The largest absolute Gasteiger partial charge is 0.497 e. The highest BCUT2D eigenvalue weighted by molar-refractivity contribution is 5.91. The lowest BCUT2D eigenvalue weighted by molar-refractivity contribution is 0.0942. The number of ether oxygens (including phenoxy) is 1. The van der Waals surface area contributed by atoms with Crippen LogP contribution in [0.5, 0.6) is 5.75 Å². The van der Waals surface area contributed by atoms with Crippen LogP contribution < -0.4 is 10.1 Å². The zero-order chi connectivity index (χ0) is 21.5. The smallest absolute Gasteiger partial charge is 0.273 e. The van der Waals surface area contributed by atoms with E-state index in [4.69, 9.17) is 13.6 Å². The second-order valence-corrected chi connectivity index (χ2v) is 7.63. The molecule has 0 fully saturated rings. The summed E-state index contributed by atoms with van der Waals surface area (Å²) in [4.78, 5) is 19.0. The maximum absolute atomic E-state index is 12.3. The average molecular weight is 412 g/mol. The monoisotopic (exact) mass is 411 g/mol. The van der Waals surface area contributed by atoms with Gasteiger partial charge in [0.1, 0.15) is 17.8 Å². The third-order valence-electron chi connectivity index (χ3n) is 5.19. The molecule has 1 amide bonds. The maximum atomic E-state index is 12.3. The Balaban J connectivity index is 1.67. The van der Waals surface area contributed by atoms with Crippen molar-refractivity contribution in [2.24, 2.45) is 5.92 Å². The van der Waals surface area contributed by atoms with Gasteiger partial charge in [-0.25, -0.2) is 4.98 Å². The first kappa shape index (κ1) is 21.6. The van der Waals surface area contributed by atoms with Crippen molar-refractivity contribution < 1.29 is 18.4 Å². The zero-order valence-corrected chi connectivity index (χ0v) is 17.9. The molecule has 0 spiro atoms. The molecule has 30 heavy (non-hydrogen) atoms. The fraction of sp³-hybridized carbons (Fsp3) is 0.391. The van der Waals surface area contributed by atoms with Gasteiger partial charge < -0.3 is 18.9 Å². The van der Waals surface area contributed by atoms with E-state index in [-0.39, 0.29) is 11.6 Å². The molecular formula is C23H29N3O4. The Labute approximate surface area is 177 Å². The van der Waals surface area contributed by atoms with Gasteiger partial charge in [-0.15, -0.1) is 0 Å². The van der Waals surface area contributed by atoms with E-state index in [9.17, 15) is 4.79 Å². The van der Waals surface area contributed by atoms with Crippen molar-refractivity contribution in [3.05, 3.63) is 71.8 Å². The number of furan rings is 1. The molecular weight excluding hydrogens is 382 g/mol. The Morgan fingerprint density at radius 3 is 2.70 bits per heavy atom. The number of hydrogen-bond acceptors (Lipinski definition) is 6. The van der Waals surface area contributed by atoms with Crippen LogP contribution in [0.2, 0.25) is 0 Å². The molecule has 1 N–H and O–H groups in total. The van der Waals surface area contributed by atoms with Crippen molar-refractivity contribution in [2.75, 3.05) is 7.11 Å². The highest BCUT2D eigenvalue weighted by atomic mass is 16.5. The highest BCUT2D eigenvalue weighted by Crippen LogP contribution is 2.20. The second kappa shape index (κ2) is 10.1. The van der Waals surface area contributed by atoms with Crippen LogP contribution in [0.3, 0.4) is 0 Å². The molecule has 7 nitrogen and oxygen atoms in total.